The Hall–Kier alpha value is -4.49. The first kappa shape index (κ1) is 23.6. The summed E-state index contributed by atoms with van der Waals surface area (Å²) in [5.74, 6) is 1.62. The van der Waals surface area contributed by atoms with Gasteiger partial charge < -0.3 is 19.0 Å². The van der Waals surface area contributed by atoms with Crippen molar-refractivity contribution in [1.82, 2.24) is 0 Å². The van der Waals surface area contributed by atoms with Gasteiger partial charge in [-0.2, -0.15) is 0 Å². The Balaban J connectivity index is 1.33. The van der Waals surface area contributed by atoms with Crippen molar-refractivity contribution in [2.45, 2.75) is 23.5 Å². The lowest BCUT2D eigenvalue weighted by Gasteiger charge is -2.17. The number of ketones is 1. The fourth-order valence-corrected chi connectivity index (χ4v) is 6.33. The summed E-state index contributed by atoms with van der Waals surface area (Å²) < 4.78 is 17.1. The number of hydrogen-bond acceptors (Lipinski definition) is 7. The topological polar surface area (TPSA) is 81.3 Å². The second-order valence-electron chi connectivity index (χ2n) is 9.57. The molecule has 1 N–H and O–H groups in total. The molecular formula is C32H23NO5S. The lowest BCUT2D eigenvalue weighted by molar-refractivity contribution is 0.101. The van der Waals surface area contributed by atoms with E-state index in [1.807, 2.05) is 61.5 Å². The highest BCUT2D eigenvalue weighted by molar-refractivity contribution is 7.99. The first-order valence-electron chi connectivity index (χ1n) is 12.6. The number of ether oxygens (including phenoxy) is 2. The van der Waals surface area contributed by atoms with E-state index < -0.39 is 0 Å². The molecule has 192 valence electrons. The van der Waals surface area contributed by atoms with Crippen LogP contribution in [0.15, 0.2) is 99.2 Å². The number of carbonyl (C=O) groups excluding carboxylic acids is 1. The van der Waals surface area contributed by atoms with Gasteiger partial charge in [-0.25, -0.2) is 0 Å². The summed E-state index contributed by atoms with van der Waals surface area (Å²) >= 11 is 1.74. The number of rotatable bonds is 4. The molecule has 6 nitrogen and oxygen atoms in total. The molecule has 0 fully saturated rings. The quantitative estimate of drug-likeness (QED) is 0.238. The van der Waals surface area contributed by atoms with Gasteiger partial charge in [0.2, 0.25) is 12.6 Å². The van der Waals surface area contributed by atoms with Crippen LogP contribution in [-0.4, -0.2) is 23.4 Å². The molecule has 39 heavy (non-hydrogen) atoms. The molecule has 1 atom stereocenters. The zero-order chi connectivity index (χ0) is 26.5. The summed E-state index contributed by atoms with van der Waals surface area (Å²) in [4.78, 5) is 19.3. The summed E-state index contributed by atoms with van der Waals surface area (Å²) in [7, 11) is 0. The van der Waals surface area contributed by atoms with Gasteiger partial charge in [-0.05, 0) is 42.8 Å². The Morgan fingerprint density at radius 2 is 1.74 bits per heavy atom. The second-order valence-corrected chi connectivity index (χ2v) is 10.8. The predicted octanol–water partition coefficient (Wildman–Crippen LogP) is 7.76. The molecule has 1 aromatic heterocycles. The lowest BCUT2D eigenvalue weighted by atomic mass is 9.97. The standard InChI is InChI=1S/C32H23NO5S/c1-18-21-14-22(25(34)16-27(21)38-32(18)31(35)19-7-3-2-4-8-19)24-15-30(39-29-10-6-5-9-23(29)33-24)20-11-12-26-28(13-20)37-17-36-26/h2-14,16,30,34H,15,17H2,1H3. The molecule has 4 aromatic carbocycles. The van der Waals surface area contributed by atoms with E-state index in [-0.39, 0.29) is 29.3 Å². The number of para-hydroxylation sites is 1. The van der Waals surface area contributed by atoms with Crippen LogP contribution in [0.3, 0.4) is 0 Å². The van der Waals surface area contributed by atoms with Crippen molar-refractivity contribution in [2.24, 2.45) is 4.99 Å². The van der Waals surface area contributed by atoms with Crippen LogP contribution in [0, 0.1) is 6.92 Å². The first-order chi connectivity index (χ1) is 19.0. The third-order valence-corrected chi connectivity index (χ3v) is 8.47. The van der Waals surface area contributed by atoms with Crippen molar-refractivity contribution in [2.75, 3.05) is 6.79 Å². The Labute approximate surface area is 228 Å². The van der Waals surface area contributed by atoms with Crippen LogP contribution in [0.1, 0.15) is 44.5 Å². The molecule has 0 aliphatic carbocycles. The maximum Gasteiger partial charge on any atom is 0.231 e. The van der Waals surface area contributed by atoms with Gasteiger partial charge >= 0.3 is 0 Å². The summed E-state index contributed by atoms with van der Waals surface area (Å²) in [6.07, 6.45) is 0.574. The van der Waals surface area contributed by atoms with E-state index in [1.165, 1.54) is 0 Å². The molecule has 7 rings (SSSR count). The highest BCUT2D eigenvalue weighted by Gasteiger charge is 2.27. The maximum absolute atomic E-state index is 13.2. The molecule has 7 heteroatoms. The van der Waals surface area contributed by atoms with Crippen LogP contribution in [-0.2, 0) is 0 Å². The highest BCUT2D eigenvalue weighted by atomic mass is 32.2. The van der Waals surface area contributed by atoms with Crippen molar-refractivity contribution < 1.29 is 23.8 Å². The highest BCUT2D eigenvalue weighted by Crippen LogP contribution is 2.48. The van der Waals surface area contributed by atoms with Gasteiger partial charge in [0.15, 0.2) is 17.3 Å². The Kier molecular flexibility index (Phi) is 5.67. The molecule has 0 radical (unpaired) electrons. The van der Waals surface area contributed by atoms with E-state index in [2.05, 4.69) is 12.1 Å². The first-order valence-corrected chi connectivity index (χ1v) is 13.5. The monoisotopic (exact) mass is 533 g/mol. The minimum absolute atomic E-state index is 0.0256. The fraction of sp³-hybridized carbons (Fsp3) is 0.125. The second kappa shape index (κ2) is 9.36. The number of furan rings is 1. The third-order valence-electron chi connectivity index (χ3n) is 7.14. The number of fused-ring (bicyclic) bond motifs is 3. The minimum Gasteiger partial charge on any atom is -0.507 e. The van der Waals surface area contributed by atoms with Crippen molar-refractivity contribution in [3.8, 4) is 17.2 Å². The zero-order valence-electron chi connectivity index (χ0n) is 21.0. The molecule has 0 saturated heterocycles. The fourth-order valence-electron chi connectivity index (χ4n) is 5.10. The SMILES string of the molecule is Cc1c(C(=O)c2ccccc2)oc2cc(O)c(C3=Nc4ccccc4SC(c4ccc5c(c4)OCO5)C3)cc12. The number of aromatic hydroxyl groups is 1. The Bertz CT molecular complexity index is 1790. The van der Waals surface area contributed by atoms with E-state index in [1.54, 1.807) is 30.0 Å². The minimum atomic E-state index is -0.189. The largest absolute Gasteiger partial charge is 0.507 e. The number of hydrogen-bond donors (Lipinski definition) is 1. The molecule has 0 amide bonds. The average Bonchev–Trinajstić information content (AvgIpc) is 3.50. The molecule has 3 heterocycles. The third kappa shape index (κ3) is 4.15. The van der Waals surface area contributed by atoms with E-state index >= 15 is 0 Å². The zero-order valence-corrected chi connectivity index (χ0v) is 21.8. The van der Waals surface area contributed by atoms with E-state index in [9.17, 15) is 9.90 Å². The Morgan fingerprint density at radius 3 is 2.62 bits per heavy atom. The van der Waals surface area contributed by atoms with Crippen molar-refractivity contribution >= 4 is 39.9 Å². The number of aryl methyl sites for hydroxylation is 1. The lowest BCUT2D eigenvalue weighted by Crippen LogP contribution is -2.06. The summed E-state index contributed by atoms with van der Waals surface area (Å²) in [5.41, 5.74) is 5.06. The van der Waals surface area contributed by atoms with E-state index in [4.69, 9.17) is 18.9 Å². The number of benzene rings is 4. The van der Waals surface area contributed by atoms with Crippen LogP contribution in [0.5, 0.6) is 17.2 Å². The summed E-state index contributed by atoms with van der Waals surface area (Å²) in [6.45, 7) is 2.09. The van der Waals surface area contributed by atoms with Crippen LogP contribution >= 0.6 is 11.8 Å². The molecule has 0 spiro atoms. The van der Waals surface area contributed by atoms with Crippen LogP contribution < -0.4 is 9.47 Å². The van der Waals surface area contributed by atoms with Gasteiger partial charge in [-0.1, -0.05) is 48.5 Å². The van der Waals surface area contributed by atoms with Gasteiger partial charge in [0, 0.05) is 44.7 Å². The number of phenols is 1. The van der Waals surface area contributed by atoms with Crippen molar-refractivity contribution in [3.05, 3.63) is 113 Å². The predicted molar refractivity (Wildman–Crippen MR) is 151 cm³/mol. The number of carbonyl (C=O) groups is 1. The van der Waals surface area contributed by atoms with Crippen molar-refractivity contribution in [3.63, 3.8) is 0 Å². The summed E-state index contributed by atoms with van der Waals surface area (Å²) in [5, 5.41) is 12.0. The molecule has 2 aliphatic heterocycles. The van der Waals surface area contributed by atoms with Crippen LogP contribution in [0.25, 0.3) is 11.0 Å². The van der Waals surface area contributed by atoms with Crippen LogP contribution in [0.2, 0.25) is 0 Å². The molecule has 5 aromatic rings. The molecule has 2 aliphatic rings. The molecule has 0 saturated carbocycles. The molecule has 0 bridgehead atoms. The molecule has 1 unspecified atom stereocenters. The van der Waals surface area contributed by atoms with E-state index in [0.717, 1.165) is 44.3 Å². The number of nitrogens with zero attached hydrogens (tertiary/aromatic N) is 1. The van der Waals surface area contributed by atoms with Gasteiger partial charge in [0.1, 0.15) is 11.3 Å². The van der Waals surface area contributed by atoms with E-state index in [0.29, 0.717) is 23.1 Å². The van der Waals surface area contributed by atoms with Gasteiger partial charge in [-0.3, -0.25) is 9.79 Å². The molecular weight excluding hydrogens is 510 g/mol. The van der Waals surface area contributed by atoms with Gasteiger partial charge in [0.05, 0.1) is 11.4 Å². The number of thioether (sulfide) groups is 1. The normalized spacial score (nSPS) is 16.0. The smallest absolute Gasteiger partial charge is 0.231 e. The maximum atomic E-state index is 13.2. The van der Waals surface area contributed by atoms with Gasteiger partial charge in [-0.15, -0.1) is 11.8 Å². The Morgan fingerprint density at radius 1 is 0.949 bits per heavy atom. The number of aliphatic imine (C=N–C) groups is 1. The summed E-state index contributed by atoms with van der Waals surface area (Å²) in [6, 6.07) is 26.6. The number of phenolic OH excluding ortho intramolecular Hbond substituents is 1. The van der Waals surface area contributed by atoms with Crippen LogP contribution in [0.4, 0.5) is 5.69 Å². The average molecular weight is 534 g/mol. The van der Waals surface area contributed by atoms with Crippen molar-refractivity contribution in [1.29, 1.82) is 0 Å². The van der Waals surface area contributed by atoms with Gasteiger partial charge in [0.25, 0.3) is 0 Å².